The molecule has 2 amide bonds. The zero-order chi connectivity index (χ0) is 25.2. The Hall–Kier alpha value is -4.53. The van der Waals surface area contributed by atoms with Crippen molar-refractivity contribution in [3.63, 3.8) is 0 Å². The number of urea groups is 1. The lowest BCUT2D eigenvalue weighted by molar-refractivity contribution is 0.202. The Balaban J connectivity index is 1.59. The van der Waals surface area contributed by atoms with Crippen molar-refractivity contribution in [1.29, 1.82) is 0 Å². The van der Waals surface area contributed by atoms with Crippen molar-refractivity contribution < 1.29 is 22.8 Å². The summed E-state index contributed by atoms with van der Waals surface area (Å²) in [7, 11) is 1.38. The summed E-state index contributed by atoms with van der Waals surface area (Å²) in [5.41, 5.74) is 2.67. The van der Waals surface area contributed by atoms with E-state index in [1.54, 1.807) is 31.2 Å². The molecule has 4 aromatic rings. The van der Waals surface area contributed by atoms with Gasteiger partial charge in [-0.2, -0.15) is 4.98 Å². The number of nitrogens with one attached hydrogen (secondary N) is 1. The summed E-state index contributed by atoms with van der Waals surface area (Å²) >= 11 is 0. The Morgan fingerprint density at radius 3 is 2.50 bits per heavy atom. The van der Waals surface area contributed by atoms with Crippen LogP contribution in [0.4, 0.5) is 13.6 Å². The fourth-order valence-electron chi connectivity index (χ4n) is 4.20. The van der Waals surface area contributed by atoms with Crippen LogP contribution >= 0.6 is 0 Å². The van der Waals surface area contributed by atoms with Crippen molar-refractivity contribution in [1.82, 2.24) is 20.4 Å². The highest BCUT2D eigenvalue weighted by Crippen LogP contribution is 2.38. The molecule has 1 N–H and O–H groups in total. The topological polar surface area (TPSA) is 80.5 Å². The standard InChI is InChI=1S/C27H22F2N4O3/c1-16-23(26-31-25(32-36-26)18-12-13-22(35-2)21(29)14-18)24(17-8-4-3-5-9-17)30-27(34)33(16)15-19-10-6-7-11-20(19)28/h3-14,24H,15H2,1-2H3,(H,30,34). The van der Waals surface area contributed by atoms with E-state index in [4.69, 9.17) is 9.26 Å². The van der Waals surface area contributed by atoms with Crippen molar-refractivity contribution in [2.75, 3.05) is 7.11 Å². The SMILES string of the molecule is COc1ccc(-c2noc(C3=C(C)N(Cc4ccccc4F)C(=O)NC3c3ccccc3)n2)cc1F. The molecular formula is C27H22F2N4O3. The third kappa shape index (κ3) is 4.31. The number of aromatic nitrogens is 2. The zero-order valence-corrected chi connectivity index (χ0v) is 19.5. The predicted octanol–water partition coefficient (Wildman–Crippen LogP) is 5.72. The fraction of sp³-hybridized carbons (Fsp3) is 0.148. The van der Waals surface area contributed by atoms with Gasteiger partial charge < -0.3 is 14.6 Å². The average molecular weight is 488 g/mol. The zero-order valence-electron chi connectivity index (χ0n) is 19.5. The van der Waals surface area contributed by atoms with Gasteiger partial charge in [0.25, 0.3) is 5.89 Å². The lowest BCUT2D eigenvalue weighted by atomic mass is 9.94. The number of halogens is 2. The van der Waals surface area contributed by atoms with Crippen LogP contribution in [0.1, 0.15) is 30.0 Å². The number of benzene rings is 3. The lowest BCUT2D eigenvalue weighted by Crippen LogP contribution is -2.45. The molecule has 1 aromatic heterocycles. The molecule has 0 fully saturated rings. The highest BCUT2D eigenvalue weighted by Gasteiger charge is 2.36. The second-order valence-corrected chi connectivity index (χ2v) is 8.24. The van der Waals surface area contributed by atoms with Crippen LogP contribution in [-0.4, -0.2) is 28.2 Å². The van der Waals surface area contributed by atoms with Crippen LogP contribution in [-0.2, 0) is 6.54 Å². The molecule has 5 rings (SSSR count). The van der Waals surface area contributed by atoms with Crippen molar-refractivity contribution in [3.8, 4) is 17.1 Å². The molecule has 0 bridgehead atoms. The number of amides is 2. The molecule has 0 aliphatic carbocycles. The summed E-state index contributed by atoms with van der Waals surface area (Å²) < 4.78 is 39.2. The van der Waals surface area contributed by atoms with E-state index in [9.17, 15) is 13.6 Å². The van der Waals surface area contributed by atoms with Gasteiger partial charge in [-0.3, -0.25) is 4.90 Å². The van der Waals surface area contributed by atoms with Gasteiger partial charge in [-0.25, -0.2) is 13.6 Å². The molecule has 2 heterocycles. The highest BCUT2D eigenvalue weighted by molar-refractivity contribution is 5.86. The molecule has 0 saturated heterocycles. The quantitative estimate of drug-likeness (QED) is 0.375. The first-order valence-electron chi connectivity index (χ1n) is 11.2. The normalized spacial score (nSPS) is 15.7. The molecule has 1 aliphatic heterocycles. The first kappa shape index (κ1) is 23.2. The number of carbonyl (C=O) groups excluding carboxylic acids is 1. The third-order valence-electron chi connectivity index (χ3n) is 6.08. The number of allylic oxidation sites excluding steroid dienone is 1. The maximum atomic E-state index is 14.4. The van der Waals surface area contributed by atoms with E-state index < -0.39 is 17.7 Å². The minimum absolute atomic E-state index is 0.0139. The van der Waals surface area contributed by atoms with E-state index in [1.165, 1.54) is 30.2 Å². The molecule has 1 unspecified atom stereocenters. The van der Waals surface area contributed by atoms with E-state index >= 15 is 0 Å². The molecule has 182 valence electrons. The van der Waals surface area contributed by atoms with Crippen LogP contribution in [0.25, 0.3) is 17.0 Å². The molecule has 0 radical (unpaired) electrons. The van der Waals surface area contributed by atoms with Crippen LogP contribution in [0.15, 0.2) is 83.0 Å². The number of rotatable bonds is 6. The maximum absolute atomic E-state index is 14.4. The Bertz CT molecular complexity index is 1450. The van der Waals surface area contributed by atoms with Gasteiger partial charge in [0.15, 0.2) is 11.6 Å². The van der Waals surface area contributed by atoms with Crippen molar-refractivity contribution >= 4 is 11.6 Å². The summed E-state index contributed by atoms with van der Waals surface area (Å²) in [6.07, 6.45) is 0. The molecule has 3 aromatic carbocycles. The largest absolute Gasteiger partial charge is 0.494 e. The van der Waals surface area contributed by atoms with E-state index in [0.29, 0.717) is 22.4 Å². The van der Waals surface area contributed by atoms with Crippen LogP contribution in [0, 0.1) is 11.6 Å². The van der Waals surface area contributed by atoms with Gasteiger partial charge in [0, 0.05) is 16.8 Å². The molecule has 36 heavy (non-hydrogen) atoms. The molecule has 0 spiro atoms. The third-order valence-corrected chi connectivity index (χ3v) is 6.08. The first-order chi connectivity index (χ1) is 17.5. The Kier molecular flexibility index (Phi) is 6.20. The number of nitrogens with zero attached hydrogens (tertiary/aromatic N) is 3. The second kappa shape index (κ2) is 9.61. The summed E-state index contributed by atoms with van der Waals surface area (Å²) in [4.78, 5) is 19.1. The van der Waals surface area contributed by atoms with Gasteiger partial charge in [-0.05, 0) is 36.8 Å². The van der Waals surface area contributed by atoms with Gasteiger partial charge in [-0.1, -0.05) is 53.7 Å². The van der Waals surface area contributed by atoms with Crippen LogP contribution in [0.3, 0.4) is 0 Å². The summed E-state index contributed by atoms with van der Waals surface area (Å²) in [6.45, 7) is 1.77. The Labute approximate surface area is 206 Å². The van der Waals surface area contributed by atoms with Gasteiger partial charge in [0.2, 0.25) is 5.82 Å². The number of methoxy groups -OCH3 is 1. The average Bonchev–Trinajstić information content (AvgIpc) is 3.37. The van der Waals surface area contributed by atoms with Crippen LogP contribution in [0.5, 0.6) is 5.75 Å². The molecule has 7 nitrogen and oxygen atoms in total. The van der Waals surface area contributed by atoms with Crippen molar-refractivity contribution in [2.45, 2.75) is 19.5 Å². The van der Waals surface area contributed by atoms with Gasteiger partial charge in [0.1, 0.15) is 5.82 Å². The highest BCUT2D eigenvalue weighted by atomic mass is 19.1. The molecule has 9 heteroatoms. The number of hydrogen-bond donors (Lipinski definition) is 1. The minimum Gasteiger partial charge on any atom is -0.494 e. The van der Waals surface area contributed by atoms with E-state index in [-0.39, 0.29) is 30.0 Å². The Morgan fingerprint density at radius 1 is 1.03 bits per heavy atom. The molecular weight excluding hydrogens is 466 g/mol. The van der Waals surface area contributed by atoms with E-state index in [2.05, 4.69) is 15.5 Å². The monoisotopic (exact) mass is 488 g/mol. The number of hydrogen-bond acceptors (Lipinski definition) is 5. The smallest absolute Gasteiger partial charge is 0.322 e. The first-order valence-corrected chi connectivity index (χ1v) is 11.2. The maximum Gasteiger partial charge on any atom is 0.322 e. The van der Waals surface area contributed by atoms with Crippen LogP contribution in [0.2, 0.25) is 0 Å². The fourth-order valence-corrected chi connectivity index (χ4v) is 4.20. The number of ether oxygens (including phenoxy) is 1. The predicted molar refractivity (Wildman–Crippen MR) is 128 cm³/mol. The Morgan fingerprint density at radius 2 is 1.78 bits per heavy atom. The number of carbonyl (C=O) groups is 1. The van der Waals surface area contributed by atoms with E-state index in [0.717, 1.165) is 5.56 Å². The molecule has 1 aliphatic rings. The minimum atomic E-state index is -0.587. The summed E-state index contributed by atoms with van der Waals surface area (Å²) in [5, 5.41) is 7.02. The van der Waals surface area contributed by atoms with Crippen molar-refractivity contribution in [3.05, 3.63) is 107 Å². The van der Waals surface area contributed by atoms with Gasteiger partial charge in [0.05, 0.1) is 25.3 Å². The molecule has 1 atom stereocenters. The summed E-state index contributed by atoms with van der Waals surface area (Å²) in [6, 6.07) is 19.0. The van der Waals surface area contributed by atoms with Crippen molar-refractivity contribution in [2.24, 2.45) is 0 Å². The second-order valence-electron chi connectivity index (χ2n) is 8.24. The summed E-state index contributed by atoms with van der Waals surface area (Å²) in [5.74, 6) is -0.530. The van der Waals surface area contributed by atoms with Gasteiger partial charge in [-0.15, -0.1) is 0 Å². The van der Waals surface area contributed by atoms with Crippen LogP contribution < -0.4 is 10.1 Å². The van der Waals surface area contributed by atoms with E-state index in [1.807, 2.05) is 30.3 Å². The van der Waals surface area contributed by atoms with Gasteiger partial charge >= 0.3 is 6.03 Å². The lowest BCUT2D eigenvalue weighted by Gasteiger charge is -2.35. The molecule has 0 saturated carbocycles.